The Hall–Kier alpha value is -2.89. The van der Waals surface area contributed by atoms with Gasteiger partial charge in [0, 0.05) is 24.7 Å². The molecule has 3 rings (SSSR count). The van der Waals surface area contributed by atoms with Crippen LogP contribution >= 0.6 is 0 Å². The number of nitrogens with one attached hydrogen (secondary N) is 1. The molecule has 0 unspecified atom stereocenters. The fraction of sp³-hybridized carbons (Fsp3) is 0.133. The number of fused-ring (bicyclic) bond motifs is 1. The van der Waals surface area contributed by atoms with Gasteiger partial charge in [0.1, 0.15) is 12.1 Å². The molecule has 2 heterocycles. The molecule has 0 amide bonds. The summed E-state index contributed by atoms with van der Waals surface area (Å²) in [5, 5.41) is 3.99. The molecule has 21 heavy (non-hydrogen) atoms. The Morgan fingerprint density at radius 3 is 2.81 bits per heavy atom. The van der Waals surface area contributed by atoms with Crippen LogP contribution in [0.4, 0.5) is 5.82 Å². The van der Waals surface area contributed by atoms with E-state index in [-0.39, 0.29) is 0 Å². The van der Waals surface area contributed by atoms with Gasteiger partial charge in [-0.1, -0.05) is 6.07 Å². The monoisotopic (exact) mass is 282 g/mol. The molecule has 0 fully saturated rings. The molecule has 0 spiro atoms. The van der Waals surface area contributed by atoms with Crippen LogP contribution in [0.2, 0.25) is 0 Å². The number of nitrogens with zero attached hydrogens (tertiary/aromatic N) is 3. The third-order valence-electron chi connectivity index (χ3n) is 3.00. The molecule has 1 N–H and O–H groups in total. The number of methoxy groups -OCH3 is 1. The smallest absolute Gasteiger partial charge is 0.268 e. The van der Waals surface area contributed by atoms with Gasteiger partial charge in [0.25, 0.3) is 5.88 Å². The van der Waals surface area contributed by atoms with E-state index in [0.717, 1.165) is 10.9 Å². The van der Waals surface area contributed by atoms with Gasteiger partial charge < -0.3 is 14.8 Å². The highest BCUT2D eigenvalue weighted by Gasteiger charge is 2.13. The first-order valence-electron chi connectivity index (χ1n) is 6.41. The number of pyridine rings is 1. The lowest BCUT2D eigenvalue weighted by atomic mass is 10.2. The van der Waals surface area contributed by atoms with E-state index in [2.05, 4.69) is 20.3 Å². The largest absolute Gasteiger partial charge is 0.489 e. The van der Waals surface area contributed by atoms with Crippen molar-refractivity contribution in [3.05, 3.63) is 42.9 Å². The molecule has 0 saturated carbocycles. The second-order valence-corrected chi connectivity index (χ2v) is 4.27. The Morgan fingerprint density at radius 2 is 2.00 bits per heavy atom. The van der Waals surface area contributed by atoms with Crippen LogP contribution in [0, 0.1) is 0 Å². The Kier molecular flexibility index (Phi) is 3.51. The standard InChI is InChI=1S/C15H14N4O2/c1-16-14-13(20-2)15(19-9-18-14)21-11-6-5-10-4-3-7-17-12(10)8-11/h3-9H,1-2H3,(H,16,18,19). The van der Waals surface area contributed by atoms with Gasteiger partial charge in [-0.25, -0.2) is 4.98 Å². The van der Waals surface area contributed by atoms with Crippen LogP contribution in [0.5, 0.6) is 17.4 Å². The van der Waals surface area contributed by atoms with Crippen LogP contribution in [-0.2, 0) is 0 Å². The Labute approximate surface area is 121 Å². The molecule has 0 aliphatic heterocycles. The Balaban J connectivity index is 1.98. The molecule has 106 valence electrons. The maximum absolute atomic E-state index is 5.79. The fourth-order valence-corrected chi connectivity index (χ4v) is 2.01. The molecule has 6 heteroatoms. The van der Waals surface area contributed by atoms with Gasteiger partial charge in [-0.15, -0.1) is 0 Å². The first-order chi connectivity index (χ1) is 10.3. The van der Waals surface area contributed by atoms with Gasteiger partial charge in [0.2, 0.25) is 5.75 Å². The lowest BCUT2D eigenvalue weighted by Gasteiger charge is -2.11. The van der Waals surface area contributed by atoms with Gasteiger partial charge in [-0.2, -0.15) is 4.98 Å². The average Bonchev–Trinajstić information content (AvgIpc) is 2.54. The van der Waals surface area contributed by atoms with E-state index in [1.807, 2.05) is 30.3 Å². The maximum Gasteiger partial charge on any atom is 0.268 e. The minimum Gasteiger partial charge on any atom is -0.489 e. The summed E-state index contributed by atoms with van der Waals surface area (Å²) in [5.41, 5.74) is 0.858. The van der Waals surface area contributed by atoms with E-state index >= 15 is 0 Å². The molecule has 0 saturated heterocycles. The minimum atomic E-state index is 0.354. The zero-order chi connectivity index (χ0) is 14.7. The van der Waals surface area contributed by atoms with E-state index in [1.54, 1.807) is 20.4 Å². The first-order valence-corrected chi connectivity index (χ1v) is 6.41. The summed E-state index contributed by atoms with van der Waals surface area (Å²) in [5.74, 6) is 2.02. The molecular weight excluding hydrogens is 268 g/mol. The molecule has 1 aromatic carbocycles. The quantitative estimate of drug-likeness (QED) is 0.793. The highest BCUT2D eigenvalue weighted by Crippen LogP contribution is 2.34. The number of aromatic nitrogens is 3. The topological polar surface area (TPSA) is 69.2 Å². The van der Waals surface area contributed by atoms with Crippen LogP contribution in [0.1, 0.15) is 0 Å². The second kappa shape index (κ2) is 5.62. The van der Waals surface area contributed by atoms with Gasteiger partial charge >= 0.3 is 0 Å². The lowest BCUT2D eigenvalue weighted by Crippen LogP contribution is -2.00. The van der Waals surface area contributed by atoms with Crippen molar-refractivity contribution in [3.63, 3.8) is 0 Å². The number of hydrogen-bond acceptors (Lipinski definition) is 6. The zero-order valence-corrected chi connectivity index (χ0v) is 11.7. The van der Waals surface area contributed by atoms with E-state index in [0.29, 0.717) is 23.2 Å². The molecule has 0 radical (unpaired) electrons. The molecule has 0 aliphatic carbocycles. The summed E-state index contributed by atoms with van der Waals surface area (Å²) in [6.07, 6.45) is 3.17. The van der Waals surface area contributed by atoms with E-state index in [1.165, 1.54) is 6.33 Å². The van der Waals surface area contributed by atoms with E-state index < -0.39 is 0 Å². The number of rotatable bonds is 4. The molecule has 3 aromatic rings. The van der Waals surface area contributed by atoms with Crippen LogP contribution in [0.3, 0.4) is 0 Å². The number of benzene rings is 1. The maximum atomic E-state index is 5.79. The number of ether oxygens (including phenoxy) is 2. The predicted molar refractivity (Wildman–Crippen MR) is 79.9 cm³/mol. The Bertz CT molecular complexity index is 776. The molecule has 2 aromatic heterocycles. The predicted octanol–water partition coefficient (Wildman–Crippen LogP) is 2.87. The number of anilines is 1. The highest BCUT2D eigenvalue weighted by molar-refractivity contribution is 5.79. The molecule has 0 bridgehead atoms. The molecular formula is C15H14N4O2. The lowest BCUT2D eigenvalue weighted by molar-refractivity contribution is 0.369. The second-order valence-electron chi connectivity index (χ2n) is 4.27. The van der Waals surface area contributed by atoms with Crippen molar-refractivity contribution < 1.29 is 9.47 Å². The first kappa shape index (κ1) is 13.1. The van der Waals surface area contributed by atoms with Crippen molar-refractivity contribution in [2.45, 2.75) is 0 Å². The van der Waals surface area contributed by atoms with Crippen LogP contribution in [0.15, 0.2) is 42.9 Å². The third-order valence-corrected chi connectivity index (χ3v) is 3.00. The van der Waals surface area contributed by atoms with Crippen molar-refractivity contribution in [3.8, 4) is 17.4 Å². The van der Waals surface area contributed by atoms with Crippen molar-refractivity contribution in [1.82, 2.24) is 15.0 Å². The highest BCUT2D eigenvalue weighted by atomic mass is 16.5. The summed E-state index contributed by atoms with van der Waals surface area (Å²) in [6.45, 7) is 0. The minimum absolute atomic E-state index is 0.354. The van der Waals surface area contributed by atoms with Gasteiger partial charge in [0.15, 0.2) is 5.82 Å². The van der Waals surface area contributed by atoms with Gasteiger partial charge in [-0.05, 0) is 18.2 Å². The summed E-state index contributed by atoms with van der Waals surface area (Å²) in [4.78, 5) is 12.5. The summed E-state index contributed by atoms with van der Waals surface area (Å²) in [6, 6.07) is 9.57. The SMILES string of the molecule is CNc1ncnc(Oc2ccc3cccnc3c2)c1OC. The molecule has 0 aliphatic rings. The van der Waals surface area contributed by atoms with Gasteiger partial charge in [-0.3, -0.25) is 4.98 Å². The van der Waals surface area contributed by atoms with E-state index in [4.69, 9.17) is 9.47 Å². The van der Waals surface area contributed by atoms with Crippen LogP contribution in [0.25, 0.3) is 10.9 Å². The zero-order valence-electron chi connectivity index (χ0n) is 11.7. The normalized spacial score (nSPS) is 10.4. The third kappa shape index (κ3) is 2.55. The van der Waals surface area contributed by atoms with Crippen LogP contribution < -0.4 is 14.8 Å². The molecule has 0 atom stereocenters. The summed E-state index contributed by atoms with van der Waals surface area (Å²) >= 11 is 0. The summed E-state index contributed by atoms with van der Waals surface area (Å²) in [7, 11) is 3.31. The van der Waals surface area contributed by atoms with Crippen LogP contribution in [-0.4, -0.2) is 29.1 Å². The van der Waals surface area contributed by atoms with Gasteiger partial charge in [0.05, 0.1) is 12.6 Å². The average molecular weight is 282 g/mol. The van der Waals surface area contributed by atoms with Crippen molar-refractivity contribution in [1.29, 1.82) is 0 Å². The van der Waals surface area contributed by atoms with Crippen molar-refractivity contribution in [2.24, 2.45) is 0 Å². The van der Waals surface area contributed by atoms with Crippen molar-refractivity contribution >= 4 is 16.7 Å². The summed E-state index contributed by atoms with van der Waals surface area (Å²) < 4.78 is 11.1. The molecule has 6 nitrogen and oxygen atoms in total. The fourth-order valence-electron chi connectivity index (χ4n) is 2.01. The Morgan fingerprint density at radius 1 is 1.10 bits per heavy atom. The van der Waals surface area contributed by atoms with E-state index in [9.17, 15) is 0 Å². The van der Waals surface area contributed by atoms with Crippen molar-refractivity contribution in [2.75, 3.05) is 19.5 Å². The number of hydrogen-bond donors (Lipinski definition) is 1.